The zero-order valence-corrected chi connectivity index (χ0v) is 14.6. The summed E-state index contributed by atoms with van der Waals surface area (Å²) in [5.74, 6) is 0.193. The first kappa shape index (κ1) is 16.7. The van der Waals surface area contributed by atoms with E-state index >= 15 is 0 Å². The Morgan fingerprint density at radius 2 is 2.38 bits per heavy atom. The van der Waals surface area contributed by atoms with Gasteiger partial charge in [0.25, 0.3) is 5.56 Å². The molecule has 0 unspecified atom stereocenters. The molecule has 0 bridgehead atoms. The molecule has 2 N–H and O–H groups in total. The number of nitrogens with one attached hydrogen (secondary N) is 2. The summed E-state index contributed by atoms with van der Waals surface area (Å²) < 4.78 is 2.32. The molecule has 8 nitrogen and oxygen atoms in total. The highest BCUT2D eigenvalue weighted by molar-refractivity contribution is 7.99. The maximum atomic E-state index is 12.6. The number of amides is 1. The van der Waals surface area contributed by atoms with Crippen molar-refractivity contribution in [3.05, 3.63) is 28.1 Å². The maximum Gasteiger partial charge on any atom is 0.272 e. The van der Waals surface area contributed by atoms with E-state index < -0.39 is 0 Å². The molecule has 3 rings (SSSR count). The molecule has 0 fully saturated rings. The quantitative estimate of drug-likeness (QED) is 0.491. The number of aromatic amines is 1. The average molecular weight is 364 g/mol. The third kappa shape index (κ3) is 3.65. The van der Waals surface area contributed by atoms with Gasteiger partial charge in [-0.15, -0.1) is 11.3 Å². The number of aromatic nitrogens is 5. The number of hydrogen-bond donors (Lipinski definition) is 2. The minimum Gasteiger partial charge on any atom is -0.294 e. The van der Waals surface area contributed by atoms with Crippen LogP contribution in [0.2, 0.25) is 0 Å². The molecule has 0 aliphatic rings. The smallest absolute Gasteiger partial charge is 0.272 e. The lowest BCUT2D eigenvalue weighted by molar-refractivity contribution is -0.113. The largest absolute Gasteiger partial charge is 0.294 e. The number of fused-ring (bicyclic) bond motifs is 1. The Balaban J connectivity index is 1.79. The highest BCUT2D eigenvalue weighted by Gasteiger charge is 2.14. The second kappa shape index (κ2) is 7.58. The van der Waals surface area contributed by atoms with Crippen molar-refractivity contribution in [1.29, 1.82) is 0 Å². The van der Waals surface area contributed by atoms with Crippen LogP contribution in [0.1, 0.15) is 19.8 Å². The molecule has 0 aliphatic carbocycles. The van der Waals surface area contributed by atoms with E-state index in [1.165, 1.54) is 29.4 Å². The van der Waals surface area contributed by atoms with Crippen LogP contribution in [0.3, 0.4) is 0 Å². The molecule has 3 aromatic rings. The molecule has 24 heavy (non-hydrogen) atoms. The zero-order valence-electron chi connectivity index (χ0n) is 13.0. The van der Waals surface area contributed by atoms with Gasteiger partial charge in [0.15, 0.2) is 5.16 Å². The summed E-state index contributed by atoms with van der Waals surface area (Å²) in [7, 11) is 0. The van der Waals surface area contributed by atoms with Crippen LogP contribution < -0.4 is 10.9 Å². The fourth-order valence-corrected chi connectivity index (χ4v) is 3.71. The first-order valence-electron chi connectivity index (χ1n) is 7.45. The second-order valence-corrected chi connectivity index (χ2v) is 6.87. The lowest BCUT2D eigenvalue weighted by Gasteiger charge is -2.11. The molecule has 126 valence electrons. The number of thioether (sulfide) groups is 1. The van der Waals surface area contributed by atoms with Crippen LogP contribution in [-0.4, -0.2) is 36.4 Å². The predicted molar refractivity (Wildman–Crippen MR) is 94.5 cm³/mol. The second-order valence-electron chi connectivity index (χ2n) is 5.01. The van der Waals surface area contributed by atoms with E-state index in [1.807, 2.05) is 11.4 Å². The van der Waals surface area contributed by atoms with Crippen LogP contribution in [0.5, 0.6) is 0 Å². The fraction of sp³-hybridized carbons (Fsp3) is 0.357. The number of carbonyl (C=O) groups is 1. The van der Waals surface area contributed by atoms with Gasteiger partial charge in [-0.2, -0.15) is 10.1 Å². The summed E-state index contributed by atoms with van der Waals surface area (Å²) in [6.07, 6.45) is 3.18. The van der Waals surface area contributed by atoms with Crippen molar-refractivity contribution in [3.8, 4) is 0 Å². The number of H-pyrrole nitrogens is 1. The monoisotopic (exact) mass is 364 g/mol. The van der Waals surface area contributed by atoms with Crippen LogP contribution in [0, 0.1) is 0 Å². The molecule has 0 aliphatic heterocycles. The summed E-state index contributed by atoms with van der Waals surface area (Å²) in [6, 6.07) is 1.82. The van der Waals surface area contributed by atoms with Crippen molar-refractivity contribution in [3.63, 3.8) is 0 Å². The van der Waals surface area contributed by atoms with E-state index in [2.05, 4.69) is 32.4 Å². The maximum absolute atomic E-state index is 12.6. The first-order valence-corrected chi connectivity index (χ1v) is 9.31. The van der Waals surface area contributed by atoms with E-state index in [4.69, 9.17) is 0 Å². The number of unbranched alkanes of at least 4 members (excludes halogenated alkanes) is 1. The standard InChI is InChI=1S/C14H16N6O2S2/c1-2-3-5-20-12(22)11-9(4-6-23-11)17-14(20)24-7-10(21)18-13-15-8-16-19-13/h4,6,8H,2-3,5,7H2,1H3,(H2,15,16,18,19,21). The van der Waals surface area contributed by atoms with Crippen LogP contribution in [-0.2, 0) is 11.3 Å². The summed E-state index contributed by atoms with van der Waals surface area (Å²) >= 11 is 2.64. The van der Waals surface area contributed by atoms with Gasteiger partial charge < -0.3 is 0 Å². The Morgan fingerprint density at radius 1 is 1.50 bits per heavy atom. The number of rotatable bonds is 7. The molecular formula is C14H16N6O2S2. The van der Waals surface area contributed by atoms with Crippen molar-refractivity contribution in [2.24, 2.45) is 0 Å². The van der Waals surface area contributed by atoms with Crippen LogP contribution >= 0.6 is 23.1 Å². The summed E-state index contributed by atoms with van der Waals surface area (Å²) in [5, 5.41) is 11.2. The normalized spacial score (nSPS) is 11.0. The van der Waals surface area contributed by atoms with Gasteiger partial charge in [-0.3, -0.25) is 19.5 Å². The van der Waals surface area contributed by atoms with Crippen LogP contribution in [0.15, 0.2) is 27.7 Å². The fourth-order valence-electron chi connectivity index (χ4n) is 2.11. The van der Waals surface area contributed by atoms with Crippen molar-refractivity contribution >= 4 is 45.2 Å². The zero-order chi connectivity index (χ0) is 16.9. The minimum atomic E-state index is -0.238. The number of nitrogens with zero attached hydrogens (tertiary/aromatic N) is 4. The molecule has 1 amide bonds. The molecule has 0 saturated carbocycles. The van der Waals surface area contributed by atoms with Gasteiger partial charge in [-0.1, -0.05) is 25.1 Å². The molecule has 10 heteroatoms. The van der Waals surface area contributed by atoms with Crippen LogP contribution in [0.4, 0.5) is 5.95 Å². The van der Waals surface area contributed by atoms with Gasteiger partial charge in [0.1, 0.15) is 11.0 Å². The van der Waals surface area contributed by atoms with Crippen molar-refractivity contribution in [2.75, 3.05) is 11.1 Å². The Hall–Kier alpha value is -2.20. The topological polar surface area (TPSA) is 106 Å². The molecule has 0 radical (unpaired) electrons. The van der Waals surface area contributed by atoms with Gasteiger partial charge in [-0.25, -0.2) is 10.1 Å². The average Bonchev–Trinajstić information content (AvgIpc) is 3.23. The summed E-state index contributed by atoms with van der Waals surface area (Å²) in [4.78, 5) is 33.0. The van der Waals surface area contributed by atoms with Gasteiger partial charge >= 0.3 is 0 Å². The van der Waals surface area contributed by atoms with E-state index in [0.717, 1.165) is 12.8 Å². The van der Waals surface area contributed by atoms with Crippen molar-refractivity contribution in [2.45, 2.75) is 31.5 Å². The minimum absolute atomic E-state index is 0.0402. The number of hydrogen-bond acceptors (Lipinski definition) is 7. The Labute approximate surface area is 145 Å². The molecular weight excluding hydrogens is 348 g/mol. The SMILES string of the molecule is CCCCn1c(SCC(=O)Nc2ncn[nH]2)nc2ccsc2c1=O. The summed E-state index contributed by atoms with van der Waals surface area (Å²) in [5.41, 5.74) is 0.637. The number of carbonyl (C=O) groups excluding carboxylic acids is 1. The van der Waals surface area contributed by atoms with Gasteiger partial charge in [0.2, 0.25) is 11.9 Å². The van der Waals surface area contributed by atoms with Crippen molar-refractivity contribution < 1.29 is 4.79 Å². The molecule has 3 aromatic heterocycles. The Kier molecular flexibility index (Phi) is 5.26. The third-order valence-electron chi connectivity index (χ3n) is 3.27. The lowest BCUT2D eigenvalue weighted by Crippen LogP contribution is -2.23. The molecule has 0 aromatic carbocycles. The Morgan fingerprint density at radius 3 is 3.12 bits per heavy atom. The third-order valence-corrected chi connectivity index (χ3v) is 5.14. The highest BCUT2D eigenvalue weighted by atomic mass is 32.2. The molecule has 0 atom stereocenters. The first-order chi connectivity index (χ1) is 11.7. The van der Waals surface area contributed by atoms with Gasteiger partial charge in [0.05, 0.1) is 11.3 Å². The van der Waals surface area contributed by atoms with Crippen LogP contribution in [0.25, 0.3) is 10.2 Å². The predicted octanol–water partition coefficient (Wildman–Crippen LogP) is 2.11. The van der Waals surface area contributed by atoms with E-state index in [0.29, 0.717) is 27.9 Å². The van der Waals surface area contributed by atoms with Crippen molar-refractivity contribution in [1.82, 2.24) is 24.7 Å². The lowest BCUT2D eigenvalue weighted by atomic mass is 10.3. The van der Waals surface area contributed by atoms with E-state index in [9.17, 15) is 9.59 Å². The Bertz CT molecular complexity index is 886. The number of thiophene rings is 1. The number of anilines is 1. The molecule has 0 saturated heterocycles. The van der Waals surface area contributed by atoms with Gasteiger partial charge in [0, 0.05) is 6.54 Å². The molecule has 0 spiro atoms. The van der Waals surface area contributed by atoms with E-state index in [-0.39, 0.29) is 17.2 Å². The van der Waals surface area contributed by atoms with E-state index in [1.54, 1.807) is 4.57 Å². The summed E-state index contributed by atoms with van der Waals surface area (Å²) in [6.45, 7) is 2.67. The molecule has 3 heterocycles. The highest BCUT2D eigenvalue weighted by Crippen LogP contribution is 2.21. The van der Waals surface area contributed by atoms with Gasteiger partial charge in [-0.05, 0) is 17.9 Å².